The first-order valence-electron chi connectivity index (χ1n) is 1.85. The van der Waals surface area contributed by atoms with E-state index in [-0.39, 0.29) is 0 Å². The minimum absolute atomic E-state index is 0.885. The van der Waals surface area contributed by atoms with Gasteiger partial charge in [0.05, 0.1) is 0 Å². The van der Waals surface area contributed by atoms with Crippen molar-refractivity contribution in [3.63, 3.8) is 0 Å². The highest BCUT2D eigenvalue weighted by Crippen LogP contribution is 1.85. The highest BCUT2D eigenvalue weighted by Gasteiger charge is 1.78. The average molecular weight is 81.1 g/mol. The van der Waals surface area contributed by atoms with Crippen LogP contribution < -0.4 is 0 Å². The molecular weight excluding hydrogens is 76.1 g/mol. The largest absolute Gasteiger partial charge is 0.266 e. The van der Waals surface area contributed by atoms with E-state index in [1.165, 1.54) is 6.67 Å². The summed E-state index contributed by atoms with van der Waals surface area (Å²) in [6.07, 6.45) is 4.51. The molecule has 0 unspecified atom stereocenters. The molecule has 1 radical (unpaired) electrons. The molecule has 0 fully saturated rings. The Balaban J connectivity index is 2.40. The van der Waals surface area contributed by atoms with E-state index in [9.17, 15) is 0 Å². The molecule has 0 saturated carbocycles. The van der Waals surface area contributed by atoms with Gasteiger partial charge in [-0.3, -0.25) is 9.98 Å². The lowest BCUT2D eigenvalue weighted by Gasteiger charge is -1.86. The quantitative estimate of drug-likeness (QED) is 0.409. The van der Waals surface area contributed by atoms with Crippen molar-refractivity contribution in [2.24, 2.45) is 9.98 Å². The fourth-order valence-corrected chi connectivity index (χ4v) is 0.302. The molecule has 0 aromatic rings. The van der Waals surface area contributed by atoms with Crippen molar-refractivity contribution in [2.75, 3.05) is 0 Å². The molecule has 6 heavy (non-hydrogen) atoms. The van der Waals surface area contributed by atoms with Crippen LogP contribution >= 0.6 is 0 Å². The SMILES string of the molecule is [CH]1N=CCC=N1. The minimum atomic E-state index is 0.885. The molecule has 31 valence electrons. The van der Waals surface area contributed by atoms with Crippen molar-refractivity contribution in [1.82, 2.24) is 0 Å². The van der Waals surface area contributed by atoms with E-state index in [1.807, 2.05) is 12.4 Å². The lowest BCUT2D eigenvalue weighted by atomic mass is 10.5. The van der Waals surface area contributed by atoms with Crippen LogP contribution in [0.4, 0.5) is 0 Å². The van der Waals surface area contributed by atoms with Gasteiger partial charge in [-0.2, -0.15) is 0 Å². The maximum Gasteiger partial charge on any atom is 0.180 e. The van der Waals surface area contributed by atoms with E-state index in [0.29, 0.717) is 0 Å². The normalized spacial score (nSPS) is 18.7. The van der Waals surface area contributed by atoms with Gasteiger partial charge in [0.2, 0.25) is 0 Å². The molecule has 0 aliphatic carbocycles. The van der Waals surface area contributed by atoms with Crippen LogP contribution in [0.25, 0.3) is 0 Å². The fraction of sp³-hybridized carbons (Fsp3) is 0.250. The average Bonchev–Trinajstić information content (AvgIpc) is 1.72. The van der Waals surface area contributed by atoms with Gasteiger partial charge in [0.1, 0.15) is 0 Å². The Morgan fingerprint density at radius 2 is 1.83 bits per heavy atom. The van der Waals surface area contributed by atoms with Gasteiger partial charge in [-0.1, -0.05) is 0 Å². The standard InChI is InChI=1S/C4H5N2/c1-2-5-4-6-3-1/h2-4H,1H2. The van der Waals surface area contributed by atoms with Crippen molar-refractivity contribution >= 4 is 12.4 Å². The van der Waals surface area contributed by atoms with Gasteiger partial charge in [0.25, 0.3) is 0 Å². The third-order valence-electron chi connectivity index (χ3n) is 0.555. The third kappa shape index (κ3) is 0.641. The van der Waals surface area contributed by atoms with E-state index in [0.717, 1.165) is 6.42 Å². The smallest absolute Gasteiger partial charge is 0.180 e. The fourth-order valence-electron chi connectivity index (χ4n) is 0.302. The molecule has 0 atom stereocenters. The van der Waals surface area contributed by atoms with Gasteiger partial charge in [0, 0.05) is 18.9 Å². The summed E-state index contributed by atoms with van der Waals surface area (Å²) in [5.41, 5.74) is 0. The molecule has 0 N–H and O–H groups in total. The van der Waals surface area contributed by atoms with Crippen molar-refractivity contribution < 1.29 is 0 Å². The van der Waals surface area contributed by atoms with Crippen molar-refractivity contribution in [3.05, 3.63) is 6.67 Å². The second kappa shape index (κ2) is 1.70. The number of hydrogen-bond donors (Lipinski definition) is 0. The first kappa shape index (κ1) is 3.53. The first-order chi connectivity index (χ1) is 3.00. The Morgan fingerprint density at radius 3 is 2.00 bits per heavy atom. The highest BCUT2D eigenvalue weighted by molar-refractivity contribution is 5.81. The summed E-state index contributed by atoms with van der Waals surface area (Å²) in [5.74, 6) is 0. The third-order valence-corrected chi connectivity index (χ3v) is 0.555. The molecule has 0 saturated heterocycles. The molecule has 2 heteroatoms. The van der Waals surface area contributed by atoms with Gasteiger partial charge in [-0.05, 0) is 0 Å². The van der Waals surface area contributed by atoms with Gasteiger partial charge in [-0.25, -0.2) is 0 Å². The lowest BCUT2D eigenvalue weighted by molar-refractivity contribution is 1.22. The summed E-state index contributed by atoms with van der Waals surface area (Å²) >= 11 is 0. The molecule has 2 nitrogen and oxygen atoms in total. The zero-order valence-corrected chi connectivity index (χ0v) is 3.33. The van der Waals surface area contributed by atoms with Crippen LogP contribution in [0.3, 0.4) is 0 Å². The van der Waals surface area contributed by atoms with Crippen LogP contribution in [0.15, 0.2) is 9.98 Å². The Kier molecular flexibility index (Phi) is 0.998. The number of rotatable bonds is 0. The van der Waals surface area contributed by atoms with Crippen LogP contribution in [0, 0.1) is 6.67 Å². The van der Waals surface area contributed by atoms with Crippen molar-refractivity contribution in [1.29, 1.82) is 0 Å². The second-order valence-electron chi connectivity index (χ2n) is 1.01. The van der Waals surface area contributed by atoms with Gasteiger partial charge >= 0.3 is 0 Å². The molecule has 0 spiro atoms. The monoisotopic (exact) mass is 81.0 g/mol. The molecule has 0 aromatic heterocycles. The Hall–Kier alpha value is -0.660. The van der Waals surface area contributed by atoms with Crippen LogP contribution in [-0.2, 0) is 0 Å². The lowest BCUT2D eigenvalue weighted by Crippen LogP contribution is -1.82. The molecule has 0 amide bonds. The molecule has 0 aromatic carbocycles. The zero-order chi connectivity index (χ0) is 4.24. The second-order valence-corrected chi connectivity index (χ2v) is 1.01. The minimum Gasteiger partial charge on any atom is -0.266 e. The summed E-state index contributed by atoms with van der Waals surface area (Å²) in [6, 6.07) is 0. The number of nitrogens with zero attached hydrogens (tertiary/aromatic N) is 2. The summed E-state index contributed by atoms with van der Waals surface area (Å²) < 4.78 is 0. The summed E-state index contributed by atoms with van der Waals surface area (Å²) in [5, 5.41) is 0. The summed E-state index contributed by atoms with van der Waals surface area (Å²) in [6.45, 7) is 1.53. The first-order valence-corrected chi connectivity index (χ1v) is 1.85. The van der Waals surface area contributed by atoms with Crippen molar-refractivity contribution in [3.8, 4) is 0 Å². The van der Waals surface area contributed by atoms with Crippen LogP contribution in [0.1, 0.15) is 6.42 Å². The summed E-state index contributed by atoms with van der Waals surface area (Å²) in [7, 11) is 0. The Morgan fingerprint density at radius 1 is 1.17 bits per heavy atom. The number of hydrogen-bond acceptors (Lipinski definition) is 2. The molecule has 1 aliphatic rings. The van der Waals surface area contributed by atoms with E-state index < -0.39 is 0 Å². The van der Waals surface area contributed by atoms with E-state index in [1.54, 1.807) is 0 Å². The Labute approximate surface area is 36.6 Å². The molecule has 1 aliphatic heterocycles. The predicted octanol–water partition coefficient (Wildman–Crippen LogP) is 0.651. The van der Waals surface area contributed by atoms with Crippen LogP contribution in [0.5, 0.6) is 0 Å². The molecule has 1 heterocycles. The van der Waals surface area contributed by atoms with E-state index in [2.05, 4.69) is 9.98 Å². The molecule has 1 rings (SSSR count). The zero-order valence-electron chi connectivity index (χ0n) is 3.33. The van der Waals surface area contributed by atoms with Gasteiger partial charge in [0.15, 0.2) is 6.67 Å². The topological polar surface area (TPSA) is 24.7 Å². The molecular formula is C4H5N2. The summed E-state index contributed by atoms with van der Waals surface area (Å²) in [4.78, 5) is 7.46. The van der Waals surface area contributed by atoms with Crippen LogP contribution in [-0.4, -0.2) is 12.4 Å². The Bertz CT molecular complexity index is 63.5. The van der Waals surface area contributed by atoms with E-state index in [4.69, 9.17) is 0 Å². The predicted molar refractivity (Wildman–Crippen MR) is 25.9 cm³/mol. The van der Waals surface area contributed by atoms with Gasteiger partial charge in [-0.15, -0.1) is 0 Å². The van der Waals surface area contributed by atoms with Crippen LogP contribution in [0.2, 0.25) is 0 Å². The van der Waals surface area contributed by atoms with Gasteiger partial charge < -0.3 is 0 Å². The van der Waals surface area contributed by atoms with E-state index >= 15 is 0 Å². The number of aliphatic imine (C=N–C) groups is 2. The maximum atomic E-state index is 3.73. The molecule has 0 bridgehead atoms. The maximum absolute atomic E-state index is 3.73. The van der Waals surface area contributed by atoms with Crippen molar-refractivity contribution in [2.45, 2.75) is 6.42 Å². The highest BCUT2D eigenvalue weighted by atomic mass is 14.9.